The van der Waals surface area contributed by atoms with Gasteiger partial charge in [0.2, 0.25) is 0 Å². The van der Waals surface area contributed by atoms with Crippen molar-refractivity contribution in [3.05, 3.63) is 0 Å². The van der Waals surface area contributed by atoms with E-state index in [1.54, 1.807) is 0 Å². The second-order valence-electron chi connectivity index (χ2n) is 5.10. The van der Waals surface area contributed by atoms with Crippen LogP contribution in [-0.2, 0) is 0 Å². The third kappa shape index (κ3) is 4.43. The van der Waals surface area contributed by atoms with Crippen LogP contribution >= 0.6 is 0 Å². The predicted octanol–water partition coefficient (Wildman–Crippen LogP) is 2.25. The molecule has 0 unspecified atom stereocenters. The molecule has 0 amide bonds. The lowest BCUT2D eigenvalue weighted by atomic mass is 10.0. The molecule has 1 rings (SSSR count). The molecule has 1 saturated heterocycles. The van der Waals surface area contributed by atoms with E-state index >= 15 is 0 Å². The zero-order chi connectivity index (χ0) is 10.4. The number of likely N-dealkylation sites (tertiary alicyclic amines) is 1. The van der Waals surface area contributed by atoms with Crippen molar-refractivity contribution in [3.63, 3.8) is 0 Å². The first-order chi connectivity index (χ1) is 6.64. The summed E-state index contributed by atoms with van der Waals surface area (Å²) in [5, 5.41) is 3.55. The van der Waals surface area contributed by atoms with Gasteiger partial charge in [0.15, 0.2) is 0 Å². The molecule has 0 radical (unpaired) electrons. The van der Waals surface area contributed by atoms with Gasteiger partial charge >= 0.3 is 0 Å². The molecular formula is C12H26N2. The molecular weight excluding hydrogens is 172 g/mol. The SMILES string of the molecule is CCNC(C)(C)CN1CCCCCC1. The Kier molecular flexibility index (Phi) is 4.90. The molecule has 1 aliphatic heterocycles. The van der Waals surface area contributed by atoms with Gasteiger partial charge in [-0.2, -0.15) is 0 Å². The first kappa shape index (κ1) is 12.0. The monoisotopic (exact) mass is 198 g/mol. The molecule has 1 fully saturated rings. The molecule has 14 heavy (non-hydrogen) atoms. The zero-order valence-electron chi connectivity index (χ0n) is 10.1. The van der Waals surface area contributed by atoms with Crippen molar-refractivity contribution in [1.29, 1.82) is 0 Å². The van der Waals surface area contributed by atoms with Gasteiger partial charge in [0, 0.05) is 12.1 Å². The fraction of sp³-hybridized carbons (Fsp3) is 1.00. The third-order valence-corrected chi connectivity index (χ3v) is 2.97. The van der Waals surface area contributed by atoms with E-state index < -0.39 is 0 Å². The Morgan fingerprint density at radius 3 is 2.14 bits per heavy atom. The number of likely N-dealkylation sites (N-methyl/N-ethyl adjacent to an activating group) is 1. The van der Waals surface area contributed by atoms with Gasteiger partial charge in [-0.25, -0.2) is 0 Å². The molecule has 0 atom stereocenters. The molecule has 0 aromatic heterocycles. The Labute approximate surface area is 89.1 Å². The Morgan fingerprint density at radius 2 is 1.64 bits per heavy atom. The van der Waals surface area contributed by atoms with Gasteiger partial charge in [-0.15, -0.1) is 0 Å². The molecule has 0 spiro atoms. The molecule has 1 heterocycles. The fourth-order valence-electron chi connectivity index (χ4n) is 2.39. The minimum absolute atomic E-state index is 0.277. The van der Waals surface area contributed by atoms with Gasteiger partial charge in [-0.3, -0.25) is 0 Å². The zero-order valence-corrected chi connectivity index (χ0v) is 10.1. The highest BCUT2D eigenvalue weighted by molar-refractivity contribution is 4.81. The Hall–Kier alpha value is -0.0800. The molecule has 0 bridgehead atoms. The largest absolute Gasteiger partial charge is 0.311 e. The van der Waals surface area contributed by atoms with Gasteiger partial charge in [0.1, 0.15) is 0 Å². The minimum atomic E-state index is 0.277. The number of nitrogens with zero attached hydrogens (tertiary/aromatic N) is 1. The van der Waals surface area contributed by atoms with Crippen molar-refractivity contribution >= 4 is 0 Å². The second-order valence-corrected chi connectivity index (χ2v) is 5.10. The maximum Gasteiger partial charge on any atom is 0.0252 e. The van der Waals surface area contributed by atoms with E-state index in [4.69, 9.17) is 0 Å². The normalized spacial score (nSPS) is 20.8. The Bertz CT molecular complexity index is 146. The van der Waals surface area contributed by atoms with Crippen molar-refractivity contribution in [2.45, 2.75) is 52.0 Å². The van der Waals surface area contributed by atoms with Crippen molar-refractivity contribution in [1.82, 2.24) is 10.2 Å². The van der Waals surface area contributed by atoms with E-state index in [-0.39, 0.29) is 5.54 Å². The molecule has 0 aromatic carbocycles. The molecule has 0 aliphatic carbocycles. The van der Waals surface area contributed by atoms with Crippen LogP contribution in [0.4, 0.5) is 0 Å². The van der Waals surface area contributed by atoms with Crippen LogP contribution in [0.15, 0.2) is 0 Å². The highest BCUT2D eigenvalue weighted by Gasteiger charge is 2.20. The maximum absolute atomic E-state index is 3.55. The lowest BCUT2D eigenvalue weighted by molar-refractivity contribution is 0.208. The van der Waals surface area contributed by atoms with E-state index in [0.717, 1.165) is 6.54 Å². The molecule has 0 saturated carbocycles. The van der Waals surface area contributed by atoms with E-state index in [1.807, 2.05) is 0 Å². The van der Waals surface area contributed by atoms with Gasteiger partial charge in [0.05, 0.1) is 0 Å². The summed E-state index contributed by atoms with van der Waals surface area (Å²) < 4.78 is 0. The van der Waals surface area contributed by atoms with Crippen LogP contribution in [-0.4, -0.2) is 36.6 Å². The molecule has 1 aliphatic rings. The molecule has 1 N–H and O–H groups in total. The third-order valence-electron chi connectivity index (χ3n) is 2.97. The molecule has 2 heteroatoms. The summed E-state index contributed by atoms with van der Waals surface area (Å²) in [6.45, 7) is 11.7. The fourth-order valence-corrected chi connectivity index (χ4v) is 2.39. The second kappa shape index (κ2) is 5.72. The van der Waals surface area contributed by atoms with E-state index in [0.29, 0.717) is 0 Å². The first-order valence-corrected chi connectivity index (χ1v) is 6.11. The van der Waals surface area contributed by atoms with Crippen LogP contribution < -0.4 is 5.32 Å². The van der Waals surface area contributed by atoms with Crippen LogP contribution in [0.2, 0.25) is 0 Å². The number of rotatable bonds is 4. The highest BCUT2D eigenvalue weighted by Crippen LogP contribution is 2.13. The van der Waals surface area contributed by atoms with E-state index in [9.17, 15) is 0 Å². The summed E-state index contributed by atoms with van der Waals surface area (Å²) in [4.78, 5) is 2.62. The summed E-state index contributed by atoms with van der Waals surface area (Å²) in [5.74, 6) is 0. The van der Waals surface area contributed by atoms with E-state index in [2.05, 4.69) is 31.0 Å². The highest BCUT2D eigenvalue weighted by atomic mass is 15.2. The predicted molar refractivity (Wildman–Crippen MR) is 62.7 cm³/mol. The number of nitrogens with one attached hydrogen (secondary N) is 1. The summed E-state index contributed by atoms with van der Waals surface area (Å²) in [6.07, 6.45) is 5.64. The maximum atomic E-state index is 3.55. The van der Waals surface area contributed by atoms with Crippen LogP contribution in [0.3, 0.4) is 0 Å². The lowest BCUT2D eigenvalue weighted by Crippen LogP contribution is -2.49. The Morgan fingerprint density at radius 1 is 1.07 bits per heavy atom. The summed E-state index contributed by atoms with van der Waals surface area (Å²) in [5.41, 5.74) is 0.277. The van der Waals surface area contributed by atoms with Gasteiger partial charge < -0.3 is 10.2 Å². The molecule has 0 aromatic rings. The summed E-state index contributed by atoms with van der Waals surface area (Å²) in [7, 11) is 0. The Balaban J connectivity index is 2.33. The van der Waals surface area contributed by atoms with Gasteiger partial charge in [-0.1, -0.05) is 19.8 Å². The molecule has 84 valence electrons. The quantitative estimate of drug-likeness (QED) is 0.745. The number of hydrogen-bond donors (Lipinski definition) is 1. The average molecular weight is 198 g/mol. The van der Waals surface area contributed by atoms with Crippen LogP contribution in [0, 0.1) is 0 Å². The van der Waals surface area contributed by atoms with Gasteiger partial charge in [0.25, 0.3) is 0 Å². The number of hydrogen-bond acceptors (Lipinski definition) is 2. The van der Waals surface area contributed by atoms with Crippen LogP contribution in [0.1, 0.15) is 46.5 Å². The van der Waals surface area contributed by atoms with Crippen LogP contribution in [0.25, 0.3) is 0 Å². The van der Waals surface area contributed by atoms with Crippen molar-refractivity contribution in [2.24, 2.45) is 0 Å². The summed E-state index contributed by atoms with van der Waals surface area (Å²) >= 11 is 0. The molecule has 2 nitrogen and oxygen atoms in total. The minimum Gasteiger partial charge on any atom is -0.311 e. The van der Waals surface area contributed by atoms with Crippen LogP contribution in [0.5, 0.6) is 0 Å². The van der Waals surface area contributed by atoms with Crippen molar-refractivity contribution < 1.29 is 0 Å². The standard InChI is InChI=1S/C12H26N2/c1-4-13-12(2,3)11-14-9-7-5-6-8-10-14/h13H,4-11H2,1-3H3. The van der Waals surface area contributed by atoms with E-state index in [1.165, 1.54) is 45.3 Å². The van der Waals surface area contributed by atoms with Crippen molar-refractivity contribution in [3.8, 4) is 0 Å². The first-order valence-electron chi connectivity index (χ1n) is 6.11. The topological polar surface area (TPSA) is 15.3 Å². The van der Waals surface area contributed by atoms with Crippen molar-refractivity contribution in [2.75, 3.05) is 26.2 Å². The smallest absolute Gasteiger partial charge is 0.0252 e. The average Bonchev–Trinajstić information content (AvgIpc) is 2.31. The lowest BCUT2D eigenvalue weighted by Gasteiger charge is -2.32. The summed E-state index contributed by atoms with van der Waals surface area (Å²) in [6, 6.07) is 0. The van der Waals surface area contributed by atoms with Gasteiger partial charge in [-0.05, 0) is 46.3 Å².